The molecule has 0 aromatic carbocycles. The van der Waals surface area contributed by atoms with Gasteiger partial charge >= 0.3 is 102 Å². The van der Waals surface area contributed by atoms with Gasteiger partial charge in [-0.05, 0) is 5.92 Å². The van der Waals surface area contributed by atoms with Gasteiger partial charge in [0.05, 0.1) is 0 Å². The quantitative estimate of drug-likeness (QED) is 0.236. The van der Waals surface area contributed by atoms with E-state index in [-0.39, 0.29) is 0 Å². The van der Waals surface area contributed by atoms with Gasteiger partial charge in [-0.2, -0.15) is 0 Å². The van der Waals surface area contributed by atoms with Crippen molar-refractivity contribution in [3.05, 3.63) is 12.2 Å². The molecule has 0 rings (SSSR count). The van der Waals surface area contributed by atoms with Crippen molar-refractivity contribution in [3.63, 3.8) is 0 Å². The van der Waals surface area contributed by atoms with E-state index in [1.807, 2.05) is 0 Å². The standard InChI is InChI=1S/C16H31.Na/c1-4-5-6-7-8-9-10-11-12-13-14-15-16(2)3;/h4-5,16H,1,6-15H2,2-3H3;. The molecule has 17 heavy (non-hydrogen) atoms. The summed E-state index contributed by atoms with van der Waals surface area (Å²) in [6.07, 6.45) is 19.1. The van der Waals surface area contributed by atoms with Crippen molar-refractivity contribution in [1.82, 2.24) is 0 Å². The molecule has 0 amide bonds. The summed E-state index contributed by atoms with van der Waals surface area (Å²) in [5, 5.41) is 0. The molecule has 0 bridgehead atoms. The van der Waals surface area contributed by atoms with Crippen molar-refractivity contribution < 1.29 is 0 Å². The molecule has 0 aliphatic heterocycles. The molecular weight excluding hydrogens is 215 g/mol. The first kappa shape index (κ1) is 17.7. The Morgan fingerprint density at radius 1 is 0.765 bits per heavy atom. The second-order valence-corrected chi connectivity index (χ2v) is 6.50. The zero-order chi connectivity index (χ0) is 12.8. The number of unbranched alkanes of at least 4 members (excludes halogenated alkanes) is 8. The van der Waals surface area contributed by atoms with Crippen LogP contribution in [-0.2, 0) is 0 Å². The van der Waals surface area contributed by atoms with Gasteiger partial charge in [0, 0.05) is 0 Å². The molecule has 0 aliphatic carbocycles. The number of rotatable bonds is 12. The molecule has 0 atom stereocenters. The van der Waals surface area contributed by atoms with Crippen LogP contribution >= 0.6 is 0 Å². The zero-order valence-corrected chi connectivity index (χ0v) is 14.5. The second kappa shape index (κ2) is 14.8. The van der Waals surface area contributed by atoms with E-state index in [2.05, 4.69) is 26.0 Å². The molecule has 0 aromatic heterocycles. The van der Waals surface area contributed by atoms with Crippen molar-refractivity contribution >= 4 is 27.9 Å². The summed E-state index contributed by atoms with van der Waals surface area (Å²) in [4.78, 5) is 0. The molecule has 0 radical (unpaired) electrons. The average molecular weight is 246 g/mol. The molecule has 0 aliphatic rings. The van der Waals surface area contributed by atoms with E-state index in [1.54, 1.807) is 0 Å². The van der Waals surface area contributed by atoms with Gasteiger partial charge in [-0.15, -0.1) is 0 Å². The van der Waals surface area contributed by atoms with Crippen molar-refractivity contribution in [2.45, 2.75) is 81.7 Å². The van der Waals surface area contributed by atoms with Crippen molar-refractivity contribution in [2.75, 3.05) is 0 Å². The number of allylic oxidation sites excluding steroid dienone is 2. The third-order valence-electron chi connectivity index (χ3n) is 3.30. The van der Waals surface area contributed by atoms with Gasteiger partial charge in [-0.3, -0.25) is 0 Å². The minimum atomic E-state index is 0.897. The Morgan fingerprint density at radius 3 is 1.82 bits per heavy atom. The predicted molar refractivity (Wildman–Crippen MR) is 80.7 cm³/mol. The second-order valence-electron chi connectivity index (χ2n) is 5.68. The fraction of sp³-hybridized carbons (Fsp3) is 0.875. The average Bonchev–Trinajstić information content (AvgIpc) is 2.30. The summed E-state index contributed by atoms with van der Waals surface area (Å²) in [7, 11) is 0. The van der Waals surface area contributed by atoms with Crippen LogP contribution in [0.5, 0.6) is 0 Å². The summed E-state index contributed by atoms with van der Waals surface area (Å²) >= 11 is 1.32. The van der Waals surface area contributed by atoms with Crippen molar-refractivity contribution in [3.8, 4) is 0 Å². The van der Waals surface area contributed by atoms with Crippen LogP contribution in [0.2, 0.25) is 3.67 Å². The zero-order valence-electron chi connectivity index (χ0n) is 12.5. The van der Waals surface area contributed by atoms with Gasteiger partial charge in [0.15, 0.2) is 0 Å². The van der Waals surface area contributed by atoms with E-state index in [4.69, 9.17) is 0 Å². The maximum absolute atomic E-state index is 2.37. The maximum atomic E-state index is 2.37. The number of hydrogen-bond acceptors (Lipinski definition) is 0. The van der Waals surface area contributed by atoms with E-state index in [0.717, 1.165) is 5.92 Å². The Kier molecular flexibility index (Phi) is 15.4. The van der Waals surface area contributed by atoms with Crippen LogP contribution in [0.1, 0.15) is 78.1 Å². The molecule has 0 nitrogen and oxygen atoms in total. The Morgan fingerprint density at radius 2 is 1.29 bits per heavy atom. The normalized spacial score (nSPS) is 11.8. The molecule has 0 saturated carbocycles. The van der Waals surface area contributed by atoms with Crippen molar-refractivity contribution in [2.24, 2.45) is 5.92 Å². The van der Waals surface area contributed by atoms with Crippen molar-refractivity contribution in [1.29, 1.82) is 0 Å². The third kappa shape index (κ3) is 16.7. The molecule has 0 aromatic rings. The minimum absolute atomic E-state index is 0.897. The monoisotopic (exact) mass is 246 g/mol. The first-order chi connectivity index (χ1) is 8.27. The number of hydrogen-bond donors (Lipinski definition) is 0. The summed E-state index contributed by atoms with van der Waals surface area (Å²) in [6, 6.07) is 0. The van der Waals surface area contributed by atoms with Crippen LogP contribution in [0.15, 0.2) is 12.2 Å². The van der Waals surface area contributed by atoms with Gasteiger partial charge < -0.3 is 0 Å². The Labute approximate surface area is 127 Å². The van der Waals surface area contributed by atoms with Gasteiger partial charge in [0.1, 0.15) is 0 Å². The first-order valence-corrected chi connectivity index (χ1v) is 9.33. The van der Waals surface area contributed by atoms with E-state index in [1.165, 1.54) is 95.8 Å². The molecule has 0 saturated heterocycles. The van der Waals surface area contributed by atoms with Crippen LogP contribution in [-0.4, -0.2) is 27.9 Å². The fourth-order valence-corrected chi connectivity index (χ4v) is 2.49. The molecule has 0 N–H and O–H groups in total. The Bertz CT molecular complexity index is 161. The summed E-state index contributed by atoms with van der Waals surface area (Å²) in [6.45, 7) is 4.66. The van der Waals surface area contributed by atoms with Gasteiger partial charge in [-0.1, -0.05) is 20.3 Å². The fourth-order valence-electron chi connectivity index (χ4n) is 2.16. The third-order valence-corrected chi connectivity index (χ3v) is 3.78. The van der Waals surface area contributed by atoms with Crippen LogP contribution in [0, 0.1) is 5.92 Å². The molecule has 0 fully saturated rings. The van der Waals surface area contributed by atoms with E-state index in [9.17, 15) is 0 Å². The molecule has 96 valence electrons. The topological polar surface area (TPSA) is 0 Å². The molecule has 0 heterocycles. The van der Waals surface area contributed by atoms with E-state index < -0.39 is 0 Å². The molecule has 0 unspecified atom stereocenters. The van der Waals surface area contributed by atoms with Gasteiger partial charge in [0.25, 0.3) is 0 Å². The van der Waals surface area contributed by atoms with E-state index >= 15 is 0 Å². The Balaban J connectivity index is 2.96. The first-order valence-electron chi connectivity index (χ1n) is 7.92. The Hall–Kier alpha value is 0.740. The summed E-state index contributed by atoms with van der Waals surface area (Å²) < 4.78 is 1.33. The van der Waals surface area contributed by atoms with Crippen LogP contribution in [0.3, 0.4) is 0 Å². The van der Waals surface area contributed by atoms with Crippen LogP contribution in [0.25, 0.3) is 0 Å². The predicted octanol–water partition coefficient (Wildman–Crippen LogP) is 5.69. The SMILES string of the molecule is CC(C)CCCCCCCCCCC=C[CH2][Na]. The summed E-state index contributed by atoms with van der Waals surface area (Å²) in [5.41, 5.74) is 0. The molecule has 0 spiro atoms. The molecular formula is C16H31Na. The summed E-state index contributed by atoms with van der Waals surface area (Å²) in [5.74, 6) is 0.897. The van der Waals surface area contributed by atoms with Crippen LogP contribution in [0.4, 0.5) is 0 Å². The van der Waals surface area contributed by atoms with E-state index in [0.29, 0.717) is 0 Å². The van der Waals surface area contributed by atoms with Crippen LogP contribution < -0.4 is 0 Å². The van der Waals surface area contributed by atoms with Gasteiger partial charge in [-0.25, -0.2) is 0 Å². The van der Waals surface area contributed by atoms with Gasteiger partial charge in [0.2, 0.25) is 0 Å². The molecule has 1 heteroatoms.